The molecule has 21 heavy (non-hydrogen) atoms. The van der Waals surface area contributed by atoms with Gasteiger partial charge in [-0.3, -0.25) is 4.57 Å². The van der Waals surface area contributed by atoms with Crippen molar-refractivity contribution in [2.75, 3.05) is 0 Å². The Morgan fingerprint density at radius 1 is 1.29 bits per heavy atom. The maximum atomic E-state index is 13.8. The van der Waals surface area contributed by atoms with E-state index in [1.165, 1.54) is 6.07 Å². The van der Waals surface area contributed by atoms with Crippen molar-refractivity contribution in [2.24, 2.45) is 0 Å². The van der Waals surface area contributed by atoms with Crippen molar-refractivity contribution >= 4 is 22.8 Å². The molecule has 0 saturated heterocycles. The quantitative estimate of drug-likeness (QED) is 0.681. The van der Waals surface area contributed by atoms with Gasteiger partial charge in [-0.25, -0.2) is 14.4 Å². The van der Waals surface area contributed by atoms with Gasteiger partial charge in [-0.2, -0.15) is 5.26 Å². The van der Waals surface area contributed by atoms with Gasteiger partial charge in [-0.05, 0) is 31.2 Å². The number of benzene rings is 1. The molecule has 0 bridgehead atoms. The summed E-state index contributed by atoms with van der Waals surface area (Å²) in [4.78, 5) is 8.83. The summed E-state index contributed by atoms with van der Waals surface area (Å²) >= 11 is 5.94. The van der Waals surface area contributed by atoms with Crippen molar-refractivity contribution in [3.05, 3.63) is 53.2 Å². The molecule has 0 atom stereocenters. The van der Waals surface area contributed by atoms with E-state index in [0.29, 0.717) is 22.7 Å². The van der Waals surface area contributed by atoms with Gasteiger partial charge in [-0.1, -0.05) is 6.07 Å². The molecule has 0 N–H and O–H groups in total. The van der Waals surface area contributed by atoms with Crippen LogP contribution in [0.5, 0.6) is 0 Å². The predicted octanol–water partition coefficient (Wildman–Crippen LogP) is 3.48. The van der Waals surface area contributed by atoms with Crippen molar-refractivity contribution < 1.29 is 4.39 Å². The highest BCUT2D eigenvalue weighted by Gasteiger charge is 2.17. The third-order valence-corrected chi connectivity index (χ3v) is 3.42. The van der Waals surface area contributed by atoms with Crippen LogP contribution in [0.3, 0.4) is 0 Å². The van der Waals surface area contributed by atoms with Crippen LogP contribution in [-0.2, 0) is 5.88 Å². The second kappa shape index (κ2) is 5.15. The number of hydrogen-bond donors (Lipinski definition) is 0. The summed E-state index contributed by atoms with van der Waals surface area (Å²) in [5.41, 5.74) is 2.37. The second-order valence-electron chi connectivity index (χ2n) is 4.54. The highest BCUT2D eigenvalue weighted by Crippen LogP contribution is 2.25. The van der Waals surface area contributed by atoms with Crippen LogP contribution in [-0.4, -0.2) is 14.5 Å². The number of halogens is 2. The minimum Gasteiger partial charge on any atom is -0.278 e. The van der Waals surface area contributed by atoms with Crippen LogP contribution in [0.2, 0.25) is 0 Å². The third kappa shape index (κ3) is 2.14. The van der Waals surface area contributed by atoms with Gasteiger partial charge in [0, 0.05) is 5.69 Å². The van der Waals surface area contributed by atoms with Crippen LogP contribution in [0.1, 0.15) is 17.1 Å². The molecule has 2 heterocycles. The number of nitrogens with zero attached hydrogens (tertiary/aromatic N) is 4. The summed E-state index contributed by atoms with van der Waals surface area (Å²) in [7, 11) is 0. The predicted molar refractivity (Wildman–Crippen MR) is 77.8 cm³/mol. The molecule has 0 saturated carbocycles. The number of fused-ring (bicyclic) bond motifs is 1. The number of aromatic nitrogens is 3. The van der Waals surface area contributed by atoms with Gasteiger partial charge in [0.25, 0.3) is 0 Å². The van der Waals surface area contributed by atoms with Gasteiger partial charge in [0.2, 0.25) is 0 Å². The Morgan fingerprint density at radius 2 is 2.10 bits per heavy atom. The molecular weight excluding hydrogens is 291 g/mol. The Labute approximate surface area is 125 Å². The van der Waals surface area contributed by atoms with Crippen molar-refractivity contribution in [3.8, 4) is 11.8 Å². The average Bonchev–Trinajstić information content (AvgIpc) is 2.84. The number of pyridine rings is 1. The molecule has 104 valence electrons. The highest BCUT2D eigenvalue weighted by atomic mass is 35.5. The summed E-state index contributed by atoms with van der Waals surface area (Å²) in [6.07, 6.45) is 0. The molecule has 0 aliphatic rings. The molecule has 0 radical (unpaired) electrons. The highest BCUT2D eigenvalue weighted by molar-refractivity contribution is 6.17. The average molecular weight is 301 g/mol. The van der Waals surface area contributed by atoms with E-state index < -0.39 is 5.82 Å². The summed E-state index contributed by atoms with van der Waals surface area (Å²) < 4.78 is 15.5. The molecule has 3 aromatic rings. The molecule has 1 aromatic carbocycles. The molecule has 0 amide bonds. The smallest absolute Gasteiger partial charge is 0.165 e. The van der Waals surface area contributed by atoms with Crippen molar-refractivity contribution in [3.63, 3.8) is 0 Å². The summed E-state index contributed by atoms with van der Waals surface area (Å²) in [6, 6.07) is 10.0. The largest absolute Gasteiger partial charge is 0.278 e. The lowest BCUT2D eigenvalue weighted by atomic mass is 10.2. The number of aryl methyl sites for hydroxylation is 1. The van der Waals surface area contributed by atoms with Gasteiger partial charge in [0.1, 0.15) is 28.8 Å². The van der Waals surface area contributed by atoms with E-state index in [9.17, 15) is 9.65 Å². The van der Waals surface area contributed by atoms with Crippen LogP contribution in [0.15, 0.2) is 30.3 Å². The first kappa shape index (κ1) is 13.5. The normalized spacial score (nSPS) is 10.8. The van der Waals surface area contributed by atoms with Crippen molar-refractivity contribution in [2.45, 2.75) is 12.8 Å². The number of imidazole rings is 1. The van der Waals surface area contributed by atoms with E-state index in [0.717, 1.165) is 5.69 Å². The van der Waals surface area contributed by atoms with Crippen molar-refractivity contribution in [1.82, 2.24) is 14.5 Å². The zero-order valence-corrected chi connectivity index (χ0v) is 11.9. The molecule has 0 aliphatic heterocycles. The lowest BCUT2D eigenvalue weighted by Gasteiger charge is -2.09. The fourth-order valence-electron chi connectivity index (χ4n) is 2.25. The standard InChI is InChI=1S/C15H10ClFN4/c1-9-5-6-12-15(19-9)21(14(7-16)20-12)13-4-2-3-11(17)10(13)8-18/h2-6H,7H2,1H3. The first-order valence-electron chi connectivity index (χ1n) is 6.25. The summed E-state index contributed by atoms with van der Waals surface area (Å²) in [5.74, 6) is 0.0773. The first-order valence-corrected chi connectivity index (χ1v) is 6.79. The summed E-state index contributed by atoms with van der Waals surface area (Å²) in [5, 5.41) is 9.21. The molecule has 2 aromatic heterocycles. The lowest BCUT2D eigenvalue weighted by Crippen LogP contribution is -2.04. The SMILES string of the molecule is Cc1ccc2nc(CCl)n(-c3cccc(F)c3C#N)c2n1. The van der Waals surface area contributed by atoms with E-state index in [4.69, 9.17) is 11.6 Å². The lowest BCUT2D eigenvalue weighted by molar-refractivity contribution is 0.622. The fourth-order valence-corrected chi connectivity index (χ4v) is 2.43. The van der Waals surface area contributed by atoms with Crippen LogP contribution < -0.4 is 0 Å². The Kier molecular flexibility index (Phi) is 3.32. The second-order valence-corrected chi connectivity index (χ2v) is 4.81. The molecule has 3 rings (SSSR count). The maximum Gasteiger partial charge on any atom is 0.165 e. The summed E-state index contributed by atoms with van der Waals surface area (Å²) in [6.45, 7) is 1.86. The molecule has 0 fully saturated rings. The van der Waals surface area contributed by atoms with E-state index in [-0.39, 0.29) is 11.4 Å². The number of nitriles is 1. The monoisotopic (exact) mass is 300 g/mol. The molecular formula is C15H10ClFN4. The van der Waals surface area contributed by atoms with Crippen LogP contribution in [0.4, 0.5) is 4.39 Å². The Morgan fingerprint density at radius 3 is 2.81 bits per heavy atom. The zero-order chi connectivity index (χ0) is 15.0. The molecule has 0 unspecified atom stereocenters. The van der Waals surface area contributed by atoms with E-state index in [2.05, 4.69) is 9.97 Å². The van der Waals surface area contributed by atoms with Crippen LogP contribution >= 0.6 is 11.6 Å². The number of hydrogen-bond acceptors (Lipinski definition) is 3. The Hall–Kier alpha value is -2.45. The molecule has 4 nitrogen and oxygen atoms in total. The minimum atomic E-state index is -0.579. The molecule has 6 heteroatoms. The Bertz CT molecular complexity index is 879. The van der Waals surface area contributed by atoms with Crippen molar-refractivity contribution in [1.29, 1.82) is 5.26 Å². The van der Waals surface area contributed by atoms with Gasteiger partial charge in [0.15, 0.2) is 5.65 Å². The van der Waals surface area contributed by atoms with E-state index in [1.54, 1.807) is 16.7 Å². The van der Waals surface area contributed by atoms with E-state index in [1.807, 2.05) is 25.1 Å². The minimum absolute atomic E-state index is 0.0496. The zero-order valence-electron chi connectivity index (χ0n) is 11.1. The third-order valence-electron chi connectivity index (χ3n) is 3.18. The number of rotatable bonds is 2. The maximum absolute atomic E-state index is 13.8. The first-order chi connectivity index (χ1) is 10.2. The van der Waals surface area contributed by atoms with Gasteiger partial charge in [0.05, 0.1) is 11.6 Å². The number of alkyl halides is 1. The molecule has 0 spiro atoms. The Balaban J connectivity index is 2.42. The van der Waals surface area contributed by atoms with Crippen LogP contribution in [0.25, 0.3) is 16.9 Å². The van der Waals surface area contributed by atoms with E-state index >= 15 is 0 Å². The van der Waals surface area contributed by atoms with Gasteiger partial charge in [-0.15, -0.1) is 11.6 Å². The van der Waals surface area contributed by atoms with Crippen LogP contribution in [0, 0.1) is 24.1 Å². The van der Waals surface area contributed by atoms with Gasteiger partial charge >= 0.3 is 0 Å². The molecule has 0 aliphatic carbocycles. The fraction of sp³-hybridized carbons (Fsp3) is 0.133. The van der Waals surface area contributed by atoms with Gasteiger partial charge < -0.3 is 0 Å². The topological polar surface area (TPSA) is 54.5 Å².